The van der Waals surface area contributed by atoms with Gasteiger partial charge in [-0.2, -0.15) is 0 Å². The highest BCUT2D eigenvalue weighted by atomic mass is 32.2. The van der Waals surface area contributed by atoms with E-state index < -0.39 is 16.8 Å². The number of nitrogens with one attached hydrogen (secondary N) is 1. The highest BCUT2D eigenvalue weighted by molar-refractivity contribution is 8.01. The predicted octanol–water partition coefficient (Wildman–Crippen LogP) is 1.75. The van der Waals surface area contributed by atoms with Crippen molar-refractivity contribution in [1.29, 1.82) is 0 Å². The Hall–Kier alpha value is -0.750. The van der Waals surface area contributed by atoms with Gasteiger partial charge in [0, 0.05) is 10.8 Å². The Labute approximate surface area is 125 Å². The third kappa shape index (κ3) is 5.71. The number of hydrogen-bond donors (Lipinski definition) is 3. The molecular weight excluding hydrogens is 276 g/mol. The number of carbonyl (C=O) groups excluding carboxylic acids is 1. The number of carboxylic acids is 1. The number of carboxylic acid groups (broad SMARTS) is 1. The average molecular weight is 302 g/mol. The van der Waals surface area contributed by atoms with Crippen molar-refractivity contribution in [3.8, 4) is 0 Å². The molecule has 116 valence electrons. The van der Waals surface area contributed by atoms with Gasteiger partial charge in [-0.05, 0) is 26.7 Å². The fourth-order valence-electron chi connectivity index (χ4n) is 2.33. The van der Waals surface area contributed by atoms with E-state index in [0.29, 0.717) is 0 Å². The van der Waals surface area contributed by atoms with E-state index in [4.69, 9.17) is 10.8 Å². The molecule has 20 heavy (non-hydrogen) atoms. The van der Waals surface area contributed by atoms with Crippen molar-refractivity contribution in [3.05, 3.63) is 0 Å². The first-order chi connectivity index (χ1) is 9.33. The lowest BCUT2D eigenvalue weighted by Gasteiger charge is -2.28. The Bertz CT molecular complexity index is 339. The molecular formula is C14H26N2O3S. The summed E-state index contributed by atoms with van der Waals surface area (Å²) in [6.45, 7) is 3.52. The third-order valence-electron chi connectivity index (χ3n) is 3.81. The second kappa shape index (κ2) is 7.88. The molecule has 4 N–H and O–H groups in total. The quantitative estimate of drug-likeness (QED) is 0.650. The van der Waals surface area contributed by atoms with Crippen molar-refractivity contribution in [2.45, 2.75) is 69.2 Å². The van der Waals surface area contributed by atoms with E-state index in [1.807, 2.05) is 0 Å². The summed E-state index contributed by atoms with van der Waals surface area (Å²) in [7, 11) is 0. The van der Waals surface area contributed by atoms with E-state index >= 15 is 0 Å². The Kier molecular flexibility index (Phi) is 6.82. The predicted molar refractivity (Wildman–Crippen MR) is 81.8 cm³/mol. The molecule has 1 rings (SSSR count). The molecule has 0 bridgehead atoms. The van der Waals surface area contributed by atoms with Gasteiger partial charge in [0.2, 0.25) is 5.91 Å². The maximum atomic E-state index is 11.9. The van der Waals surface area contributed by atoms with Gasteiger partial charge in [-0.3, -0.25) is 9.59 Å². The lowest BCUT2D eigenvalue weighted by Crippen LogP contribution is -2.47. The monoisotopic (exact) mass is 302 g/mol. The first kappa shape index (κ1) is 17.3. The van der Waals surface area contributed by atoms with E-state index in [1.165, 1.54) is 37.4 Å². The van der Waals surface area contributed by atoms with Crippen molar-refractivity contribution in [1.82, 2.24) is 5.32 Å². The topological polar surface area (TPSA) is 92.4 Å². The third-order valence-corrected chi connectivity index (χ3v) is 5.22. The van der Waals surface area contributed by atoms with E-state index in [0.717, 1.165) is 12.8 Å². The molecule has 1 aliphatic carbocycles. The highest BCUT2D eigenvalue weighted by Gasteiger charge is 2.33. The van der Waals surface area contributed by atoms with Crippen molar-refractivity contribution in [2.75, 3.05) is 5.75 Å². The number of nitrogens with two attached hydrogens (primary N) is 1. The number of thioether (sulfide) groups is 1. The minimum Gasteiger partial charge on any atom is -0.480 e. The number of amides is 1. The van der Waals surface area contributed by atoms with Crippen LogP contribution >= 0.6 is 11.8 Å². The molecule has 1 fully saturated rings. The van der Waals surface area contributed by atoms with Gasteiger partial charge >= 0.3 is 5.97 Å². The van der Waals surface area contributed by atoms with Crippen LogP contribution in [-0.4, -0.2) is 39.6 Å². The molecule has 1 aliphatic rings. The van der Waals surface area contributed by atoms with Gasteiger partial charge in [0.25, 0.3) is 0 Å². The first-order valence-electron chi connectivity index (χ1n) is 7.24. The second-order valence-electron chi connectivity index (χ2n) is 5.96. The van der Waals surface area contributed by atoms with Gasteiger partial charge in [-0.15, -0.1) is 11.8 Å². The van der Waals surface area contributed by atoms with Gasteiger partial charge in [-0.25, -0.2) is 0 Å². The Morgan fingerprint density at radius 2 is 1.85 bits per heavy atom. The molecule has 0 aliphatic heterocycles. The van der Waals surface area contributed by atoms with Crippen LogP contribution in [0.15, 0.2) is 0 Å². The van der Waals surface area contributed by atoms with Crippen LogP contribution < -0.4 is 11.1 Å². The molecule has 0 aromatic rings. The lowest BCUT2D eigenvalue weighted by molar-refractivity contribution is -0.139. The molecule has 5 nitrogen and oxygen atoms in total. The van der Waals surface area contributed by atoms with Crippen LogP contribution in [0.1, 0.15) is 52.4 Å². The maximum absolute atomic E-state index is 11.9. The van der Waals surface area contributed by atoms with Crippen molar-refractivity contribution >= 4 is 23.6 Å². The summed E-state index contributed by atoms with van der Waals surface area (Å²) in [5.74, 6) is -0.802. The van der Waals surface area contributed by atoms with Gasteiger partial charge in [0.05, 0.1) is 5.75 Å². The summed E-state index contributed by atoms with van der Waals surface area (Å²) >= 11 is 1.30. The zero-order valence-electron chi connectivity index (χ0n) is 12.4. The van der Waals surface area contributed by atoms with Crippen LogP contribution in [0, 0.1) is 0 Å². The summed E-state index contributed by atoms with van der Waals surface area (Å²) in [5, 5.41) is 12.0. The van der Waals surface area contributed by atoms with Crippen molar-refractivity contribution < 1.29 is 14.7 Å². The maximum Gasteiger partial charge on any atom is 0.321 e. The SMILES string of the molecule is CC(C)(SCC(=O)NC1CCCCCC1)[C@@H](N)C(=O)O. The smallest absolute Gasteiger partial charge is 0.321 e. The molecule has 6 heteroatoms. The number of carbonyl (C=O) groups is 2. The van der Waals surface area contributed by atoms with E-state index in [-0.39, 0.29) is 17.7 Å². The second-order valence-corrected chi connectivity index (χ2v) is 7.59. The molecule has 0 spiro atoms. The summed E-state index contributed by atoms with van der Waals surface area (Å²) in [5.41, 5.74) is 5.63. The molecule has 0 unspecified atom stereocenters. The van der Waals surface area contributed by atoms with Crippen LogP contribution in [0.2, 0.25) is 0 Å². The molecule has 0 radical (unpaired) electrons. The van der Waals surface area contributed by atoms with E-state index in [2.05, 4.69) is 5.32 Å². The molecule has 1 saturated carbocycles. The van der Waals surface area contributed by atoms with Crippen LogP contribution in [-0.2, 0) is 9.59 Å². The largest absolute Gasteiger partial charge is 0.480 e. The van der Waals surface area contributed by atoms with E-state index in [9.17, 15) is 9.59 Å². The fraction of sp³-hybridized carbons (Fsp3) is 0.857. The highest BCUT2D eigenvalue weighted by Crippen LogP contribution is 2.27. The van der Waals surface area contributed by atoms with E-state index in [1.54, 1.807) is 13.8 Å². The summed E-state index contributed by atoms with van der Waals surface area (Å²) in [6.07, 6.45) is 6.95. The average Bonchev–Trinajstić information content (AvgIpc) is 2.64. The minimum atomic E-state index is -1.04. The molecule has 0 saturated heterocycles. The molecule has 0 aromatic carbocycles. The Balaban J connectivity index is 2.36. The Morgan fingerprint density at radius 1 is 1.30 bits per heavy atom. The Morgan fingerprint density at radius 3 is 2.35 bits per heavy atom. The van der Waals surface area contributed by atoms with Crippen LogP contribution in [0.4, 0.5) is 0 Å². The first-order valence-corrected chi connectivity index (χ1v) is 8.23. The van der Waals surface area contributed by atoms with Crippen LogP contribution in [0.5, 0.6) is 0 Å². The van der Waals surface area contributed by atoms with Crippen molar-refractivity contribution in [2.24, 2.45) is 5.73 Å². The normalized spacial score (nSPS) is 19.1. The molecule has 1 atom stereocenters. The van der Waals surface area contributed by atoms with Crippen molar-refractivity contribution in [3.63, 3.8) is 0 Å². The number of rotatable bonds is 6. The number of aliphatic carboxylic acids is 1. The van der Waals surface area contributed by atoms with Gasteiger partial charge in [-0.1, -0.05) is 25.7 Å². The van der Waals surface area contributed by atoms with Gasteiger partial charge < -0.3 is 16.2 Å². The van der Waals surface area contributed by atoms with Crippen LogP contribution in [0.3, 0.4) is 0 Å². The molecule has 0 heterocycles. The molecule has 0 aromatic heterocycles. The number of hydrogen-bond acceptors (Lipinski definition) is 4. The molecule has 1 amide bonds. The summed E-state index contributed by atoms with van der Waals surface area (Å²) in [6, 6.07) is -0.694. The van der Waals surface area contributed by atoms with Crippen LogP contribution in [0.25, 0.3) is 0 Å². The lowest BCUT2D eigenvalue weighted by atomic mass is 10.1. The standard InChI is InChI=1S/C14H26N2O3S/c1-14(2,12(15)13(18)19)20-9-11(17)16-10-7-5-3-4-6-8-10/h10,12H,3-9,15H2,1-2H3,(H,16,17)(H,18,19)/t12-/m0/s1. The summed E-state index contributed by atoms with van der Waals surface area (Å²) < 4.78 is -0.660. The fourth-order valence-corrected chi connectivity index (χ4v) is 3.20. The van der Waals surface area contributed by atoms with Gasteiger partial charge in [0.1, 0.15) is 6.04 Å². The summed E-state index contributed by atoms with van der Waals surface area (Å²) in [4.78, 5) is 22.8. The zero-order valence-corrected chi connectivity index (χ0v) is 13.2. The minimum absolute atomic E-state index is 0.0208. The zero-order chi connectivity index (χ0) is 15.2. The van der Waals surface area contributed by atoms with Gasteiger partial charge in [0.15, 0.2) is 0 Å².